The van der Waals surface area contributed by atoms with E-state index >= 15 is 0 Å². The molecule has 1 unspecified atom stereocenters. The number of hydrogen-bond acceptors (Lipinski definition) is 3. The number of nitrogen functional groups attached to an aromatic ring is 1. The minimum Gasteiger partial charge on any atom is -0.458 e. The molecule has 0 bridgehead atoms. The van der Waals surface area contributed by atoms with Gasteiger partial charge in [0.1, 0.15) is 5.69 Å². The van der Waals surface area contributed by atoms with Crippen LogP contribution in [0.2, 0.25) is 0 Å². The highest BCUT2D eigenvalue weighted by Gasteiger charge is 2.13. The molecule has 2 aromatic rings. The lowest BCUT2D eigenvalue weighted by atomic mass is 10.2. The molecule has 0 saturated heterocycles. The van der Waals surface area contributed by atoms with Crippen molar-refractivity contribution < 1.29 is 9.53 Å². The molecule has 4 nitrogen and oxygen atoms in total. The van der Waals surface area contributed by atoms with Crippen molar-refractivity contribution in [3.8, 4) is 0 Å². The van der Waals surface area contributed by atoms with Crippen LogP contribution < -0.4 is 5.73 Å². The molecule has 0 aliphatic heterocycles. The third kappa shape index (κ3) is 2.41. The molecule has 17 heavy (non-hydrogen) atoms. The number of carbonyl (C=O) groups is 1. The van der Waals surface area contributed by atoms with Crippen molar-refractivity contribution in [3.63, 3.8) is 0 Å². The maximum Gasteiger partial charge on any atom is 0.355 e. The lowest BCUT2D eigenvalue weighted by Crippen LogP contribution is -2.14. The van der Waals surface area contributed by atoms with E-state index in [1.165, 1.54) is 0 Å². The van der Waals surface area contributed by atoms with Gasteiger partial charge in [-0.05, 0) is 37.6 Å². The molecular formula is C13H16N2O2. The van der Waals surface area contributed by atoms with E-state index in [1.54, 1.807) is 12.1 Å². The summed E-state index contributed by atoms with van der Waals surface area (Å²) in [5.74, 6) is -0.325. The van der Waals surface area contributed by atoms with Gasteiger partial charge in [-0.15, -0.1) is 0 Å². The van der Waals surface area contributed by atoms with Crippen LogP contribution in [-0.4, -0.2) is 17.1 Å². The molecular weight excluding hydrogens is 216 g/mol. The van der Waals surface area contributed by atoms with Crippen molar-refractivity contribution >= 4 is 22.6 Å². The Bertz CT molecular complexity index is 545. The molecule has 3 N–H and O–H groups in total. The number of ether oxygens (including phenoxy) is 1. The van der Waals surface area contributed by atoms with Gasteiger partial charge in [0.25, 0.3) is 0 Å². The predicted molar refractivity (Wildman–Crippen MR) is 67.9 cm³/mol. The van der Waals surface area contributed by atoms with Gasteiger partial charge in [0.15, 0.2) is 0 Å². The lowest BCUT2D eigenvalue weighted by Gasteiger charge is -2.09. The van der Waals surface area contributed by atoms with E-state index in [1.807, 2.05) is 26.0 Å². The van der Waals surface area contributed by atoms with Crippen LogP contribution in [0.25, 0.3) is 10.9 Å². The van der Waals surface area contributed by atoms with Crippen LogP contribution in [0, 0.1) is 0 Å². The second kappa shape index (κ2) is 4.49. The van der Waals surface area contributed by atoms with Gasteiger partial charge in [-0.1, -0.05) is 6.92 Å². The first-order valence-corrected chi connectivity index (χ1v) is 5.69. The molecule has 1 aromatic carbocycles. The van der Waals surface area contributed by atoms with E-state index in [-0.39, 0.29) is 12.1 Å². The zero-order valence-electron chi connectivity index (χ0n) is 9.99. The van der Waals surface area contributed by atoms with Crippen LogP contribution in [0.3, 0.4) is 0 Å². The fourth-order valence-electron chi connectivity index (χ4n) is 1.59. The molecule has 2 rings (SSSR count). The van der Waals surface area contributed by atoms with E-state index in [0.29, 0.717) is 11.4 Å². The number of anilines is 1. The van der Waals surface area contributed by atoms with Crippen LogP contribution in [0.5, 0.6) is 0 Å². The number of nitrogens with one attached hydrogen (secondary N) is 1. The van der Waals surface area contributed by atoms with Gasteiger partial charge in [-0.3, -0.25) is 0 Å². The highest BCUT2D eigenvalue weighted by atomic mass is 16.5. The molecule has 90 valence electrons. The van der Waals surface area contributed by atoms with Crippen molar-refractivity contribution in [2.24, 2.45) is 0 Å². The van der Waals surface area contributed by atoms with E-state index in [2.05, 4.69) is 4.98 Å². The van der Waals surface area contributed by atoms with Gasteiger partial charge in [0.05, 0.1) is 6.10 Å². The van der Waals surface area contributed by atoms with Crippen LogP contribution in [0.4, 0.5) is 5.69 Å². The van der Waals surface area contributed by atoms with Crippen LogP contribution in [0.15, 0.2) is 24.3 Å². The summed E-state index contributed by atoms with van der Waals surface area (Å²) in [5.41, 5.74) is 7.71. The van der Waals surface area contributed by atoms with Gasteiger partial charge < -0.3 is 15.5 Å². The van der Waals surface area contributed by atoms with Gasteiger partial charge in [-0.2, -0.15) is 0 Å². The monoisotopic (exact) mass is 232 g/mol. The Labute approximate surface area is 99.8 Å². The average Bonchev–Trinajstić information content (AvgIpc) is 2.71. The third-order valence-electron chi connectivity index (χ3n) is 2.75. The van der Waals surface area contributed by atoms with Crippen LogP contribution >= 0.6 is 0 Å². The first-order valence-electron chi connectivity index (χ1n) is 5.69. The molecule has 0 amide bonds. The van der Waals surface area contributed by atoms with Gasteiger partial charge >= 0.3 is 5.97 Å². The van der Waals surface area contributed by atoms with Crippen molar-refractivity contribution in [3.05, 3.63) is 30.0 Å². The number of hydrogen-bond donors (Lipinski definition) is 2. The number of H-pyrrole nitrogens is 1. The number of aromatic nitrogens is 1. The Kier molecular flexibility index (Phi) is 3.04. The summed E-state index contributed by atoms with van der Waals surface area (Å²) in [4.78, 5) is 14.8. The summed E-state index contributed by atoms with van der Waals surface area (Å²) < 4.78 is 5.24. The molecule has 0 spiro atoms. The smallest absolute Gasteiger partial charge is 0.355 e. The average molecular weight is 232 g/mol. The summed E-state index contributed by atoms with van der Waals surface area (Å²) >= 11 is 0. The zero-order chi connectivity index (χ0) is 12.4. The van der Waals surface area contributed by atoms with Crippen molar-refractivity contribution in [2.75, 3.05) is 5.73 Å². The zero-order valence-corrected chi connectivity index (χ0v) is 9.99. The number of carbonyl (C=O) groups excluding carboxylic acids is 1. The molecule has 1 aromatic heterocycles. The number of aromatic amines is 1. The van der Waals surface area contributed by atoms with E-state index < -0.39 is 0 Å². The summed E-state index contributed by atoms with van der Waals surface area (Å²) in [5, 5.41) is 0.918. The minimum absolute atomic E-state index is 0.0704. The number of nitrogens with two attached hydrogens (primary N) is 1. The predicted octanol–water partition coefficient (Wildman–Crippen LogP) is 2.71. The van der Waals surface area contributed by atoms with Crippen LogP contribution in [-0.2, 0) is 4.74 Å². The van der Waals surface area contributed by atoms with E-state index in [4.69, 9.17) is 10.5 Å². The summed E-state index contributed by atoms with van der Waals surface area (Å²) in [6.07, 6.45) is 0.734. The Hall–Kier alpha value is -1.97. The number of fused-ring (bicyclic) bond motifs is 1. The highest BCUT2D eigenvalue weighted by Crippen LogP contribution is 2.19. The number of benzene rings is 1. The first-order chi connectivity index (χ1) is 8.10. The molecule has 0 radical (unpaired) electrons. The largest absolute Gasteiger partial charge is 0.458 e. The van der Waals surface area contributed by atoms with Gasteiger partial charge in [-0.25, -0.2) is 4.79 Å². The summed E-state index contributed by atoms with van der Waals surface area (Å²) in [6.45, 7) is 3.85. The molecule has 0 aliphatic carbocycles. The number of rotatable bonds is 3. The van der Waals surface area contributed by atoms with E-state index in [9.17, 15) is 4.79 Å². The Morgan fingerprint density at radius 2 is 2.24 bits per heavy atom. The summed E-state index contributed by atoms with van der Waals surface area (Å²) in [6, 6.07) is 7.23. The maximum absolute atomic E-state index is 11.8. The lowest BCUT2D eigenvalue weighted by molar-refractivity contribution is 0.0328. The standard InChI is InChI=1S/C13H16N2O2/c1-3-8(2)17-13(16)12-7-9-6-10(14)4-5-11(9)15-12/h4-8,15H,3,14H2,1-2H3. The fraction of sp³-hybridized carbons (Fsp3) is 0.308. The molecule has 1 atom stereocenters. The van der Waals surface area contributed by atoms with Crippen molar-refractivity contribution in [1.29, 1.82) is 0 Å². The number of esters is 1. The second-order valence-electron chi connectivity index (χ2n) is 4.15. The Morgan fingerprint density at radius 1 is 1.47 bits per heavy atom. The van der Waals surface area contributed by atoms with Gasteiger partial charge in [0, 0.05) is 16.6 Å². The van der Waals surface area contributed by atoms with Crippen molar-refractivity contribution in [1.82, 2.24) is 4.98 Å². The highest BCUT2D eigenvalue weighted by molar-refractivity contribution is 5.95. The maximum atomic E-state index is 11.8. The van der Waals surface area contributed by atoms with E-state index in [0.717, 1.165) is 17.3 Å². The Morgan fingerprint density at radius 3 is 2.94 bits per heavy atom. The molecule has 4 heteroatoms. The molecule has 0 aliphatic rings. The van der Waals surface area contributed by atoms with Crippen molar-refractivity contribution in [2.45, 2.75) is 26.4 Å². The Balaban J connectivity index is 2.27. The molecule has 0 saturated carbocycles. The SMILES string of the molecule is CCC(C)OC(=O)c1cc2cc(N)ccc2[nH]1. The normalized spacial score (nSPS) is 12.6. The molecule has 1 heterocycles. The van der Waals surface area contributed by atoms with Gasteiger partial charge in [0.2, 0.25) is 0 Å². The topological polar surface area (TPSA) is 68.1 Å². The quantitative estimate of drug-likeness (QED) is 0.631. The first kappa shape index (κ1) is 11.5. The minimum atomic E-state index is -0.325. The summed E-state index contributed by atoms with van der Waals surface area (Å²) in [7, 11) is 0. The molecule has 0 fully saturated rings. The second-order valence-corrected chi connectivity index (χ2v) is 4.15. The third-order valence-corrected chi connectivity index (χ3v) is 2.75. The van der Waals surface area contributed by atoms with Crippen LogP contribution in [0.1, 0.15) is 30.8 Å². The fourth-order valence-corrected chi connectivity index (χ4v) is 1.59.